The first-order valence-corrected chi connectivity index (χ1v) is 10.8. The van der Waals surface area contributed by atoms with Gasteiger partial charge in [0.1, 0.15) is 0 Å². The summed E-state index contributed by atoms with van der Waals surface area (Å²) in [7, 11) is -5.56. The molecular weight excluding hydrogens is 420 g/mol. The average molecular weight is 432 g/mol. The van der Waals surface area contributed by atoms with Crippen LogP contribution in [0, 0.1) is 3.57 Å². The Hall–Kier alpha value is -0.870. The minimum atomic E-state index is -5.56. The molecule has 0 amide bonds. The van der Waals surface area contributed by atoms with E-state index < -0.39 is 35.9 Å². The van der Waals surface area contributed by atoms with Crippen LogP contribution < -0.4 is 0 Å². The van der Waals surface area contributed by atoms with E-state index in [4.69, 9.17) is 0 Å². The number of hydrogen-bond acceptors (Lipinski definition) is 3. The second-order valence-electron chi connectivity index (χ2n) is 4.01. The van der Waals surface area contributed by atoms with E-state index in [1.807, 2.05) is 18.2 Å². The van der Waals surface area contributed by atoms with Crippen molar-refractivity contribution in [2.24, 2.45) is 0 Å². The van der Waals surface area contributed by atoms with Crippen molar-refractivity contribution < 1.29 is 24.1 Å². The van der Waals surface area contributed by atoms with Gasteiger partial charge in [-0.25, -0.2) is 0 Å². The van der Waals surface area contributed by atoms with E-state index in [1.165, 1.54) is 0 Å². The van der Waals surface area contributed by atoms with E-state index in [1.54, 1.807) is 31.2 Å². The van der Waals surface area contributed by atoms with Crippen molar-refractivity contribution in [1.29, 1.82) is 0 Å². The van der Waals surface area contributed by atoms with Crippen LogP contribution in [0.15, 0.2) is 42.5 Å². The van der Waals surface area contributed by atoms with E-state index >= 15 is 0 Å². The molecule has 0 bridgehead atoms. The number of hydrogen-bond donors (Lipinski definition) is 0. The van der Waals surface area contributed by atoms with Crippen LogP contribution in [0.25, 0.3) is 10.8 Å². The van der Waals surface area contributed by atoms with Gasteiger partial charge in [-0.05, 0) is 0 Å². The standard InChI is InChI=1S/C13H12F3IO3S/c1-2-17(20-21(18,19)13(14,15)16)12-9-5-7-10-6-3-4-8-11(10)12/h3-9H,2H2,1H3. The Morgan fingerprint density at radius 1 is 1.10 bits per heavy atom. The van der Waals surface area contributed by atoms with E-state index in [0.29, 0.717) is 3.57 Å². The Bertz CT molecular complexity index is 738. The zero-order valence-electron chi connectivity index (χ0n) is 10.9. The summed E-state index contributed by atoms with van der Waals surface area (Å²) in [4.78, 5) is 0. The molecule has 0 atom stereocenters. The van der Waals surface area contributed by atoms with E-state index in [2.05, 4.69) is 2.51 Å². The van der Waals surface area contributed by atoms with Gasteiger partial charge in [-0.2, -0.15) is 0 Å². The topological polar surface area (TPSA) is 43.4 Å². The van der Waals surface area contributed by atoms with Crippen molar-refractivity contribution in [3.05, 3.63) is 46.0 Å². The Kier molecular flexibility index (Phi) is 4.79. The van der Waals surface area contributed by atoms with Crippen LogP contribution in [0.2, 0.25) is 0 Å². The minimum absolute atomic E-state index is 0.257. The Balaban J connectivity index is 2.46. The number of benzene rings is 2. The molecule has 0 aliphatic carbocycles. The van der Waals surface area contributed by atoms with Gasteiger partial charge in [0.2, 0.25) is 0 Å². The molecule has 0 saturated heterocycles. The quantitative estimate of drug-likeness (QED) is 0.411. The third-order valence-electron chi connectivity index (χ3n) is 2.65. The molecule has 3 nitrogen and oxygen atoms in total. The van der Waals surface area contributed by atoms with Crippen molar-refractivity contribution in [3.8, 4) is 0 Å². The Morgan fingerprint density at radius 2 is 1.71 bits per heavy atom. The van der Waals surface area contributed by atoms with Gasteiger partial charge in [0.25, 0.3) is 0 Å². The molecule has 0 fully saturated rings. The van der Waals surface area contributed by atoms with E-state index in [-0.39, 0.29) is 4.43 Å². The number of rotatable bonds is 4. The first kappa shape index (κ1) is 16.5. The van der Waals surface area contributed by atoms with Crippen molar-refractivity contribution in [2.45, 2.75) is 12.4 Å². The predicted molar refractivity (Wildman–Crippen MR) is 83.3 cm³/mol. The monoisotopic (exact) mass is 432 g/mol. The fourth-order valence-corrected chi connectivity index (χ4v) is 8.40. The molecule has 0 spiro atoms. The normalized spacial score (nSPS) is 13.4. The van der Waals surface area contributed by atoms with Crippen LogP contribution in [0.5, 0.6) is 0 Å². The Labute approximate surface area is 128 Å². The maximum atomic E-state index is 12.5. The van der Waals surface area contributed by atoms with E-state index in [9.17, 15) is 21.6 Å². The molecule has 0 radical (unpaired) electrons. The van der Waals surface area contributed by atoms with Gasteiger partial charge in [-0.1, -0.05) is 0 Å². The van der Waals surface area contributed by atoms with Crippen LogP contribution >= 0.6 is 20.2 Å². The summed E-state index contributed by atoms with van der Waals surface area (Å²) >= 11 is -2.96. The molecule has 0 aliphatic heterocycles. The van der Waals surface area contributed by atoms with Gasteiger partial charge in [0.05, 0.1) is 0 Å². The average Bonchev–Trinajstić information content (AvgIpc) is 2.43. The van der Waals surface area contributed by atoms with Crippen molar-refractivity contribution in [3.63, 3.8) is 0 Å². The predicted octanol–water partition coefficient (Wildman–Crippen LogP) is 4.32. The van der Waals surface area contributed by atoms with Gasteiger partial charge < -0.3 is 0 Å². The fraction of sp³-hybridized carbons (Fsp3) is 0.231. The first-order chi connectivity index (χ1) is 9.76. The molecule has 0 aromatic heterocycles. The SMILES string of the molecule is CCI(OS(=O)(=O)C(F)(F)F)c1cccc2ccccc12. The van der Waals surface area contributed by atoms with Crippen molar-refractivity contribution in [2.75, 3.05) is 4.43 Å². The first-order valence-electron chi connectivity index (χ1n) is 5.91. The number of alkyl halides is 4. The zero-order chi connectivity index (χ0) is 15.7. The van der Waals surface area contributed by atoms with Gasteiger partial charge in [-0.15, -0.1) is 0 Å². The fourth-order valence-electron chi connectivity index (χ4n) is 1.73. The molecule has 0 aliphatic rings. The van der Waals surface area contributed by atoms with Gasteiger partial charge in [0.15, 0.2) is 0 Å². The summed E-state index contributed by atoms with van der Waals surface area (Å²) in [5, 5.41) is 1.59. The second-order valence-corrected chi connectivity index (χ2v) is 11.1. The summed E-state index contributed by atoms with van der Waals surface area (Å²) in [6.45, 7) is 1.64. The molecule has 0 unspecified atom stereocenters. The molecule has 0 N–H and O–H groups in total. The summed E-state index contributed by atoms with van der Waals surface area (Å²) in [6, 6.07) is 12.3. The van der Waals surface area contributed by atoms with Crippen LogP contribution in [0.3, 0.4) is 0 Å². The van der Waals surface area contributed by atoms with Gasteiger partial charge in [-0.3, -0.25) is 0 Å². The van der Waals surface area contributed by atoms with Crippen LogP contribution in [-0.2, 0) is 12.6 Å². The summed E-state index contributed by atoms with van der Waals surface area (Å²) in [5.41, 5.74) is -5.39. The summed E-state index contributed by atoms with van der Waals surface area (Å²) < 4.78 is 65.2. The molecule has 116 valence electrons. The molecule has 0 heterocycles. The number of halogens is 4. The molecule has 0 saturated carbocycles. The van der Waals surface area contributed by atoms with Crippen LogP contribution in [0.1, 0.15) is 6.92 Å². The van der Waals surface area contributed by atoms with Gasteiger partial charge >= 0.3 is 128 Å². The molecule has 21 heavy (non-hydrogen) atoms. The molecule has 2 aromatic carbocycles. The van der Waals surface area contributed by atoms with Crippen LogP contribution in [-0.4, -0.2) is 18.4 Å². The third kappa shape index (κ3) is 3.49. The third-order valence-corrected chi connectivity index (χ3v) is 9.88. The molecule has 8 heteroatoms. The summed E-state index contributed by atoms with van der Waals surface area (Å²) in [5.74, 6) is 0. The Morgan fingerprint density at radius 3 is 2.33 bits per heavy atom. The maximum absolute atomic E-state index is 12.5. The van der Waals surface area contributed by atoms with Gasteiger partial charge in [0, 0.05) is 0 Å². The molecular formula is C13H12F3IO3S. The van der Waals surface area contributed by atoms with E-state index in [0.717, 1.165) is 10.8 Å². The molecule has 2 rings (SSSR count). The van der Waals surface area contributed by atoms with Crippen molar-refractivity contribution in [1.82, 2.24) is 0 Å². The van der Waals surface area contributed by atoms with Crippen LogP contribution in [0.4, 0.5) is 13.2 Å². The summed E-state index contributed by atoms with van der Waals surface area (Å²) in [6.07, 6.45) is 0. The number of fused-ring (bicyclic) bond motifs is 1. The molecule has 2 aromatic rings. The second kappa shape index (κ2) is 6.09. The van der Waals surface area contributed by atoms with Crippen molar-refractivity contribution >= 4 is 41.1 Å². The zero-order valence-corrected chi connectivity index (χ0v) is 13.9.